The van der Waals surface area contributed by atoms with Crippen LogP contribution in [0.1, 0.15) is 38.6 Å². The van der Waals surface area contributed by atoms with E-state index in [4.69, 9.17) is 0 Å². The smallest absolute Gasteiger partial charge is 0.314 e. The average Bonchev–Trinajstić information content (AvgIpc) is 2.94. The fourth-order valence-electron chi connectivity index (χ4n) is 2.10. The summed E-state index contributed by atoms with van der Waals surface area (Å²) in [5.74, 6) is 0.469. The van der Waals surface area contributed by atoms with Crippen LogP contribution < -0.4 is 10.6 Å². The Hall–Kier alpha value is -1.07. The maximum absolute atomic E-state index is 11.8. The molecule has 0 bridgehead atoms. The minimum Gasteiger partial charge on any atom is -0.338 e. The van der Waals surface area contributed by atoms with Gasteiger partial charge in [0.05, 0.1) is 6.04 Å². The highest BCUT2D eigenvalue weighted by molar-refractivity contribution is 7.10. The van der Waals surface area contributed by atoms with E-state index in [9.17, 15) is 4.79 Å². The van der Waals surface area contributed by atoms with Gasteiger partial charge in [0.2, 0.25) is 0 Å². The van der Waals surface area contributed by atoms with Crippen LogP contribution in [0, 0.1) is 5.92 Å². The molecule has 2 amide bonds. The molecular weight excluding hydrogens is 270 g/mol. The Morgan fingerprint density at radius 1 is 1.25 bits per heavy atom. The van der Waals surface area contributed by atoms with E-state index in [2.05, 4.69) is 60.7 Å². The first kappa shape index (κ1) is 17.0. The first-order valence-electron chi connectivity index (χ1n) is 7.37. The van der Waals surface area contributed by atoms with Crippen LogP contribution in [-0.4, -0.2) is 37.1 Å². The summed E-state index contributed by atoms with van der Waals surface area (Å²) < 4.78 is 0. The van der Waals surface area contributed by atoms with Crippen molar-refractivity contribution < 1.29 is 4.79 Å². The van der Waals surface area contributed by atoms with Crippen LogP contribution in [0.5, 0.6) is 0 Å². The van der Waals surface area contributed by atoms with Crippen molar-refractivity contribution in [3.05, 3.63) is 22.4 Å². The number of urea groups is 1. The Bertz CT molecular complexity index is 374. The summed E-state index contributed by atoms with van der Waals surface area (Å²) >= 11 is 1.75. The minimum absolute atomic E-state index is 0.0765. The normalized spacial score (nSPS) is 12.7. The number of rotatable bonds is 8. The van der Waals surface area contributed by atoms with E-state index in [1.807, 2.05) is 0 Å². The lowest BCUT2D eigenvalue weighted by atomic mass is 10.2. The molecule has 20 heavy (non-hydrogen) atoms. The van der Waals surface area contributed by atoms with E-state index >= 15 is 0 Å². The molecule has 5 heteroatoms. The summed E-state index contributed by atoms with van der Waals surface area (Å²) in [6, 6.07) is 4.39. The Morgan fingerprint density at radius 2 is 1.90 bits per heavy atom. The van der Waals surface area contributed by atoms with Crippen LogP contribution in [0.4, 0.5) is 4.79 Å². The average molecular weight is 297 g/mol. The largest absolute Gasteiger partial charge is 0.338 e. The molecule has 1 atom stereocenters. The van der Waals surface area contributed by atoms with Crippen molar-refractivity contribution in [2.24, 2.45) is 5.92 Å². The van der Waals surface area contributed by atoms with Gasteiger partial charge in [-0.05, 0) is 30.5 Å². The molecule has 1 unspecified atom stereocenters. The van der Waals surface area contributed by atoms with Gasteiger partial charge in [0.1, 0.15) is 0 Å². The summed E-state index contributed by atoms with van der Waals surface area (Å²) in [5.41, 5.74) is 0. The second kappa shape index (κ2) is 8.97. The van der Waals surface area contributed by atoms with Crippen molar-refractivity contribution in [2.45, 2.75) is 33.7 Å². The van der Waals surface area contributed by atoms with Crippen LogP contribution in [0.3, 0.4) is 0 Å². The molecule has 0 fully saturated rings. The van der Waals surface area contributed by atoms with Crippen LogP contribution in [-0.2, 0) is 0 Å². The van der Waals surface area contributed by atoms with Gasteiger partial charge in [-0.15, -0.1) is 11.3 Å². The van der Waals surface area contributed by atoms with Gasteiger partial charge in [-0.1, -0.05) is 33.8 Å². The number of thiophene rings is 1. The molecule has 0 spiro atoms. The van der Waals surface area contributed by atoms with E-state index in [-0.39, 0.29) is 12.1 Å². The van der Waals surface area contributed by atoms with Crippen molar-refractivity contribution in [1.82, 2.24) is 15.5 Å². The van der Waals surface area contributed by atoms with Gasteiger partial charge in [0, 0.05) is 18.0 Å². The molecule has 0 radical (unpaired) electrons. The number of hydrogen-bond acceptors (Lipinski definition) is 3. The lowest BCUT2D eigenvalue weighted by Crippen LogP contribution is -2.42. The van der Waals surface area contributed by atoms with Crippen molar-refractivity contribution in [3.8, 4) is 0 Å². The van der Waals surface area contributed by atoms with Gasteiger partial charge in [0.25, 0.3) is 0 Å². The van der Waals surface area contributed by atoms with Crippen molar-refractivity contribution in [2.75, 3.05) is 26.2 Å². The Labute approximate surface area is 126 Å². The highest BCUT2D eigenvalue weighted by Crippen LogP contribution is 2.24. The van der Waals surface area contributed by atoms with Crippen LogP contribution in [0.2, 0.25) is 0 Å². The van der Waals surface area contributed by atoms with Crippen molar-refractivity contribution in [3.63, 3.8) is 0 Å². The summed E-state index contributed by atoms with van der Waals surface area (Å²) in [6.07, 6.45) is 0. The molecule has 1 heterocycles. The standard InChI is InChI=1S/C15H27N3OS/c1-5-18(6-2)13(14-8-7-9-20-14)11-17-15(19)16-10-12(3)4/h7-9,12-13H,5-6,10-11H2,1-4H3,(H2,16,17,19). The lowest BCUT2D eigenvalue weighted by molar-refractivity contribution is 0.208. The number of nitrogens with one attached hydrogen (secondary N) is 2. The zero-order valence-corrected chi connectivity index (χ0v) is 13.8. The first-order chi connectivity index (χ1) is 9.58. The molecule has 1 aromatic rings. The molecule has 0 aliphatic rings. The molecule has 114 valence electrons. The van der Waals surface area contributed by atoms with Gasteiger partial charge in [-0.3, -0.25) is 4.90 Å². The lowest BCUT2D eigenvalue weighted by Gasteiger charge is -2.29. The molecule has 0 saturated heterocycles. The van der Waals surface area contributed by atoms with Gasteiger partial charge >= 0.3 is 6.03 Å². The zero-order valence-electron chi connectivity index (χ0n) is 13.0. The van der Waals surface area contributed by atoms with Crippen molar-refractivity contribution >= 4 is 17.4 Å². The van der Waals surface area contributed by atoms with E-state index in [1.165, 1.54) is 4.88 Å². The van der Waals surface area contributed by atoms with Crippen molar-refractivity contribution in [1.29, 1.82) is 0 Å². The third kappa shape index (κ3) is 5.51. The predicted octanol–water partition coefficient (Wildman–Crippen LogP) is 3.09. The molecule has 1 aromatic heterocycles. The quantitative estimate of drug-likeness (QED) is 0.774. The zero-order chi connectivity index (χ0) is 15.0. The first-order valence-corrected chi connectivity index (χ1v) is 8.25. The molecule has 0 aliphatic heterocycles. The number of likely N-dealkylation sites (N-methyl/N-ethyl adjacent to an activating group) is 1. The maximum atomic E-state index is 11.8. The molecule has 2 N–H and O–H groups in total. The Morgan fingerprint density at radius 3 is 2.40 bits per heavy atom. The minimum atomic E-state index is -0.0765. The fourth-order valence-corrected chi connectivity index (χ4v) is 2.96. The SMILES string of the molecule is CCN(CC)C(CNC(=O)NCC(C)C)c1cccs1. The van der Waals surface area contributed by atoms with Crippen LogP contribution in [0.25, 0.3) is 0 Å². The highest BCUT2D eigenvalue weighted by atomic mass is 32.1. The molecular formula is C15H27N3OS. The summed E-state index contributed by atoms with van der Waals surface area (Å²) in [5, 5.41) is 7.97. The number of carbonyl (C=O) groups excluding carboxylic acids is 1. The highest BCUT2D eigenvalue weighted by Gasteiger charge is 2.19. The topological polar surface area (TPSA) is 44.4 Å². The molecule has 0 aromatic carbocycles. The third-order valence-corrected chi connectivity index (χ3v) is 4.23. The fraction of sp³-hybridized carbons (Fsp3) is 0.667. The number of amides is 2. The molecule has 0 aliphatic carbocycles. The Balaban J connectivity index is 2.55. The van der Waals surface area contributed by atoms with Gasteiger partial charge in [-0.25, -0.2) is 4.79 Å². The number of nitrogens with zero attached hydrogens (tertiary/aromatic N) is 1. The van der Waals surface area contributed by atoms with E-state index in [0.29, 0.717) is 19.0 Å². The summed E-state index contributed by atoms with van der Waals surface area (Å²) in [4.78, 5) is 15.5. The predicted molar refractivity (Wildman–Crippen MR) is 86.2 cm³/mol. The summed E-state index contributed by atoms with van der Waals surface area (Å²) in [6.45, 7) is 11.8. The van der Waals surface area contributed by atoms with Gasteiger partial charge < -0.3 is 10.6 Å². The van der Waals surface area contributed by atoms with E-state index < -0.39 is 0 Å². The number of hydrogen-bond donors (Lipinski definition) is 2. The van der Waals surface area contributed by atoms with E-state index in [1.54, 1.807) is 11.3 Å². The molecule has 0 saturated carbocycles. The third-order valence-electron chi connectivity index (χ3n) is 3.25. The second-order valence-corrected chi connectivity index (χ2v) is 6.22. The van der Waals surface area contributed by atoms with Gasteiger partial charge in [-0.2, -0.15) is 0 Å². The van der Waals surface area contributed by atoms with Crippen LogP contribution in [0.15, 0.2) is 17.5 Å². The second-order valence-electron chi connectivity index (χ2n) is 5.24. The molecule has 1 rings (SSSR count). The van der Waals surface area contributed by atoms with E-state index in [0.717, 1.165) is 13.1 Å². The Kier molecular flexibility index (Phi) is 7.62. The summed E-state index contributed by atoms with van der Waals surface area (Å²) in [7, 11) is 0. The number of carbonyl (C=O) groups is 1. The maximum Gasteiger partial charge on any atom is 0.314 e. The van der Waals surface area contributed by atoms with Crippen LogP contribution >= 0.6 is 11.3 Å². The van der Waals surface area contributed by atoms with Gasteiger partial charge in [0.15, 0.2) is 0 Å². The molecule has 4 nitrogen and oxygen atoms in total. The monoisotopic (exact) mass is 297 g/mol.